The molecule has 124 valence electrons. The van der Waals surface area contributed by atoms with Crippen LogP contribution in [0.3, 0.4) is 0 Å². The van der Waals surface area contributed by atoms with E-state index in [-0.39, 0.29) is 11.8 Å². The van der Waals surface area contributed by atoms with E-state index in [9.17, 15) is 8.42 Å². The zero-order valence-corrected chi connectivity index (χ0v) is 13.8. The summed E-state index contributed by atoms with van der Waals surface area (Å²) in [5.41, 5.74) is 2.41. The van der Waals surface area contributed by atoms with Gasteiger partial charge in [-0.2, -0.15) is 8.42 Å². The number of ether oxygens (including phenoxy) is 2. The average Bonchev–Trinajstić information content (AvgIpc) is 2.49. The van der Waals surface area contributed by atoms with E-state index in [1.165, 1.54) is 11.1 Å². The average molecular weight is 329 g/mol. The predicted octanol–water partition coefficient (Wildman–Crippen LogP) is 1.95. The summed E-state index contributed by atoms with van der Waals surface area (Å²) in [7, 11) is -0.628. The zero-order valence-electron chi connectivity index (χ0n) is 13.0. The van der Waals surface area contributed by atoms with Crippen LogP contribution in [-0.4, -0.2) is 39.5 Å². The van der Waals surface area contributed by atoms with E-state index >= 15 is 0 Å². The van der Waals surface area contributed by atoms with E-state index in [1.54, 1.807) is 14.2 Å². The van der Waals surface area contributed by atoms with Crippen molar-refractivity contribution in [2.24, 2.45) is 0 Å². The molecule has 1 heterocycles. The van der Waals surface area contributed by atoms with Gasteiger partial charge in [0.15, 0.2) is 11.5 Å². The summed E-state index contributed by atoms with van der Waals surface area (Å²) in [4.78, 5) is 0. The molecule has 2 rings (SSSR count). The first-order valence-electron chi connectivity index (χ1n) is 7.38. The Morgan fingerprint density at radius 2 is 1.91 bits per heavy atom. The molecular weight excluding hydrogens is 306 g/mol. The number of benzene rings is 1. The van der Waals surface area contributed by atoms with Gasteiger partial charge in [-0.05, 0) is 49.1 Å². The smallest absolute Gasteiger partial charge is 0.264 e. The molecule has 0 spiro atoms. The SMILES string of the molecule is COc1cc2c(cc1OC)C(CCCCS(=O)(=O)O)NCC2. The van der Waals surface area contributed by atoms with Crippen LogP contribution in [0.4, 0.5) is 0 Å². The Morgan fingerprint density at radius 1 is 1.23 bits per heavy atom. The highest BCUT2D eigenvalue weighted by atomic mass is 32.2. The molecule has 0 saturated heterocycles. The lowest BCUT2D eigenvalue weighted by Crippen LogP contribution is -2.30. The van der Waals surface area contributed by atoms with E-state index in [0.717, 1.165) is 31.6 Å². The first-order chi connectivity index (χ1) is 10.4. The molecule has 1 aliphatic rings. The highest BCUT2D eigenvalue weighted by Gasteiger charge is 2.22. The first-order valence-corrected chi connectivity index (χ1v) is 8.99. The lowest BCUT2D eigenvalue weighted by atomic mass is 9.91. The number of hydrogen-bond donors (Lipinski definition) is 2. The van der Waals surface area contributed by atoms with Crippen LogP contribution in [0.5, 0.6) is 11.5 Å². The van der Waals surface area contributed by atoms with Crippen molar-refractivity contribution in [1.82, 2.24) is 5.32 Å². The van der Waals surface area contributed by atoms with Crippen LogP contribution in [0.15, 0.2) is 12.1 Å². The molecule has 1 atom stereocenters. The molecule has 1 aromatic carbocycles. The van der Waals surface area contributed by atoms with E-state index < -0.39 is 10.1 Å². The predicted molar refractivity (Wildman–Crippen MR) is 84.3 cm³/mol. The molecule has 0 radical (unpaired) electrons. The van der Waals surface area contributed by atoms with Gasteiger partial charge in [0, 0.05) is 6.04 Å². The van der Waals surface area contributed by atoms with Crippen LogP contribution in [0.2, 0.25) is 0 Å². The molecule has 1 unspecified atom stereocenters. The highest BCUT2D eigenvalue weighted by Crippen LogP contribution is 2.36. The van der Waals surface area contributed by atoms with Crippen LogP contribution in [-0.2, 0) is 16.5 Å². The minimum absolute atomic E-state index is 0.171. The molecule has 0 aliphatic carbocycles. The number of unbranched alkanes of at least 4 members (excludes halogenated alkanes) is 1. The Morgan fingerprint density at radius 3 is 2.55 bits per heavy atom. The van der Waals surface area contributed by atoms with Crippen LogP contribution < -0.4 is 14.8 Å². The van der Waals surface area contributed by atoms with Gasteiger partial charge in [0.25, 0.3) is 10.1 Å². The van der Waals surface area contributed by atoms with Gasteiger partial charge in [0.05, 0.1) is 20.0 Å². The van der Waals surface area contributed by atoms with Crippen LogP contribution in [0.1, 0.15) is 36.4 Å². The third kappa shape index (κ3) is 4.34. The largest absolute Gasteiger partial charge is 0.493 e. The highest BCUT2D eigenvalue weighted by molar-refractivity contribution is 7.85. The van der Waals surface area contributed by atoms with Gasteiger partial charge >= 0.3 is 0 Å². The van der Waals surface area contributed by atoms with Crippen molar-refractivity contribution >= 4 is 10.1 Å². The molecule has 0 bridgehead atoms. The van der Waals surface area contributed by atoms with Gasteiger partial charge in [-0.25, -0.2) is 0 Å². The second-order valence-corrected chi connectivity index (χ2v) is 7.02. The van der Waals surface area contributed by atoms with Crippen LogP contribution in [0.25, 0.3) is 0 Å². The van der Waals surface area contributed by atoms with Crippen molar-refractivity contribution < 1.29 is 22.4 Å². The van der Waals surface area contributed by atoms with Crippen LogP contribution in [0, 0.1) is 0 Å². The molecule has 0 aromatic heterocycles. The zero-order chi connectivity index (χ0) is 16.2. The summed E-state index contributed by atoms with van der Waals surface area (Å²) in [5, 5.41) is 3.45. The van der Waals surface area contributed by atoms with Crippen molar-refractivity contribution in [3.63, 3.8) is 0 Å². The minimum Gasteiger partial charge on any atom is -0.493 e. The van der Waals surface area contributed by atoms with Crippen molar-refractivity contribution in [3.8, 4) is 11.5 Å². The summed E-state index contributed by atoms with van der Waals surface area (Å²) in [6.45, 7) is 0.880. The normalized spacial score (nSPS) is 17.9. The Hall–Kier alpha value is -1.31. The molecule has 22 heavy (non-hydrogen) atoms. The van der Waals surface area contributed by atoms with Gasteiger partial charge in [0.1, 0.15) is 0 Å². The maximum absolute atomic E-state index is 10.7. The van der Waals surface area contributed by atoms with Gasteiger partial charge in [-0.15, -0.1) is 0 Å². The molecule has 0 fully saturated rings. The fourth-order valence-corrected chi connectivity index (χ4v) is 3.43. The van der Waals surface area contributed by atoms with E-state index in [1.807, 2.05) is 12.1 Å². The molecule has 1 aromatic rings. The van der Waals surface area contributed by atoms with Gasteiger partial charge in [0.2, 0.25) is 0 Å². The Bertz CT molecular complexity index is 615. The Kier molecular flexibility index (Phi) is 5.66. The summed E-state index contributed by atoms with van der Waals surface area (Å²) in [5.74, 6) is 1.25. The summed E-state index contributed by atoms with van der Waals surface area (Å²) in [6.07, 6.45) is 2.93. The Balaban J connectivity index is 2.07. The quantitative estimate of drug-likeness (QED) is 0.587. The monoisotopic (exact) mass is 329 g/mol. The van der Waals surface area contributed by atoms with Crippen molar-refractivity contribution in [1.29, 1.82) is 0 Å². The minimum atomic E-state index is -3.86. The second-order valence-electron chi connectivity index (χ2n) is 5.44. The van der Waals surface area contributed by atoms with E-state index in [4.69, 9.17) is 14.0 Å². The molecule has 0 saturated carbocycles. The van der Waals surface area contributed by atoms with Crippen molar-refractivity contribution in [2.45, 2.75) is 31.7 Å². The Labute approximate surface area is 131 Å². The van der Waals surface area contributed by atoms with Crippen LogP contribution >= 0.6 is 0 Å². The number of methoxy groups -OCH3 is 2. The second kappa shape index (κ2) is 7.30. The lowest BCUT2D eigenvalue weighted by Gasteiger charge is -2.28. The number of hydrogen-bond acceptors (Lipinski definition) is 5. The fourth-order valence-electron chi connectivity index (χ4n) is 2.86. The molecule has 6 nitrogen and oxygen atoms in total. The lowest BCUT2D eigenvalue weighted by molar-refractivity contribution is 0.351. The topological polar surface area (TPSA) is 84.9 Å². The van der Waals surface area contributed by atoms with E-state index in [2.05, 4.69) is 5.32 Å². The third-order valence-corrected chi connectivity index (χ3v) is 4.76. The van der Waals surface area contributed by atoms with Gasteiger partial charge < -0.3 is 14.8 Å². The maximum Gasteiger partial charge on any atom is 0.264 e. The maximum atomic E-state index is 10.7. The van der Waals surface area contributed by atoms with Crippen molar-refractivity contribution in [3.05, 3.63) is 23.3 Å². The molecule has 1 aliphatic heterocycles. The number of nitrogens with one attached hydrogen (secondary N) is 1. The summed E-state index contributed by atoms with van der Waals surface area (Å²) in [6, 6.07) is 4.18. The number of fused-ring (bicyclic) bond motifs is 1. The van der Waals surface area contributed by atoms with E-state index in [0.29, 0.717) is 12.2 Å². The summed E-state index contributed by atoms with van der Waals surface area (Å²) >= 11 is 0. The van der Waals surface area contributed by atoms with Gasteiger partial charge in [-0.3, -0.25) is 4.55 Å². The molecule has 2 N–H and O–H groups in total. The van der Waals surface area contributed by atoms with Crippen molar-refractivity contribution in [2.75, 3.05) is 26.5 Å². The molecular formula is C15H23NO5S. The fraction of sp³-hybridized carbons (Fsp3) is 0.600. The third-order valence-electron chi connectivity index (χ3n) is 3.95. The molecule has 0 amide bonds. The standard InChI is InChI=1S/C15H23NO5S/c1-20-14-9-11-6-7-16-13(12(11)10-15(14)21-2)5-3-4-8-22(17,18)19/h9-10,13,16H,3-8H2,1-2H3,(H,17,18,19). The summed E-state index contributed by atoms with van der Waals surface area (Å²) < 4.78 is 40.9. The van der Waals surface area contributed by atoms with Gasteiger partial charge in [-0.1, -0.05) is 6.42 Å². The first kappa shape index (κ1) is 17.1. The number of rotatable bonds is 7. The molecule has 7 heteroatoms.